The van der Waals surface area contributed by atoms with E-state index in [0.717, 1.165) is 12.1 Å². The molecule has 32 heavy (non-hydrogen) atoms. The van der Waals surface area contributed by atoms with Gasteiger partial charge in [0, 0.05) is 35.5 Å². The topological polar surface area (TPSA) is 81.3 Å². The zero-order valence-electron chi connectivity index (χ0n) is 17.5. The van der Waals surface area contributed by atoms with E-state index in [1.165, 1.54) is 23.9 Å². The quantitative estimate of drug-likeness (QED) is 0.209. The summed E-state index contributed by atoms with van der Waals surface area (Å²) in [7, 11) is 0. The number of thiocarbonyl (C=S) groups is 1. The highest BCUT2D eigenvalue weighted by molar-refractivity contribution is 8.26. The van der Waals surface area contributed by atoms with Crippen molar-refractivity contribution in [2.75, 3.05) is 0 Å². The fourth-order valence-corrected chi connectivity index (χ4v) is 4.83. The van der Waals surface area contributed by atoms with Gasteiger partial charge in [0.05, 0.1) is 15.5 Å². The van der Waals surface area contributed by atoms with Crippen molar-refractivity contribution in [3.05, 3.63) is 81.4 Å². The summed E-state index contributed by atoms with van der Waals surface area (Å²) >= 11 is 6.70. The molecule has 3 aromatic rings. The molecular formula is C23H20N4O3S2. The van der Waals surface area contributed by atoms with Gasteiger partial charge in [0.1, 0.15) is 10.0 Å². The molecule has 1 unspecified atom stereocenters. The van der Waals surface area contributed by atoms with Crippen LogP contribution in [0.1, 0.15) is 25.8 Å². The molecule has 1 saturated heterocycles. The molecule has 1 amide bonds. The van der Waals surface area contributed by atoms with Crippen LogP contribution in [0.2, 0.25) is 0 Å². The number of amides is 1. The molecule has 1 aliphatic rings. The Morgan fingerprint density at radius 1 is 1.22 bits per heavy atom. The first-order valence-corrected chi connectivity index (χ1v) is 11.3. The molecule has 0 spiro atoms. The van der Waals surface area contributed by atoms with Crippen molar-refractivity contribution in [3.63, 3.8) is 0 Å². The maximum Gasteiger partial charge on any atom is 0.270 e. The lowest BCUT2D eigenvalue weighted by Gasteiger charge is -2.21. The van der Waals surface area contributed by atoms with E-state index in [2.05, 4.69) is 0 Å². The molecule has 1 atom stereocenters. The number of hydrogen-bond acceptors (Lipinski definition) is 6. The van der Waals surface area contributed by atoms with Gasteiger partial charge in [0.15, 0.2) is 0 Å². The van der Waals surface area contributed by atoms with Crippen LogP contribution >= 0.6 is 24.0 Å². The summed E-state index contributed by atoms with van der Waals surface area (Å²) in [6, 6.07) is 15.9. The van der Waals surface area contributed by atoms with Gasteiger partial charge in [-0.25, -0.2) is 4.68 Å². The Kier molecular flexibility index (Phi) is 6.20. The van der Waals surface area contributed by atoms with Crippen LogP contribution in [0, 0.1) is 10.1 Å². The third-order valence-electron chi connectivity index (χ3n) is 5.24. The smallest absolute Gasteiger partial charge is 0.270 e. The first-order chi connectivity index (χ1) is 15.4. The SMILES string of the molecule is CCC(C)N1C(=O)/C(=C/c2cn(-c3ccccc3)nc2-c2cccc([N+](=O)[O-])c2)SC1=S. The third-order valence-corrected chi connectivity index (χ3v) is 6.57. The normalized spacial score (nSPS) is 16.1. The Morgan fingerprint density at radius 2 is 1.97 bits per heavy atom. The summed E-state index contributed by atoms with van der Waals surface area (Å²) < 4.78 is 2.23. The van der Waals surface area contributed by atoms with E-state index in [1.807, 2.05) is 50.4 Å². The van der Waals surface area contributed by atoms with E-state index in [9.17, 15) is 14.9 Å². The molecule has 0 radical (unpaired) electrons. The van der Waals surface area contributed by atoms with Crippen molar-refractivity contribution in [2.24, 2.45) is 0 Å². The van der Waals surface area contributed by atoms with Gasteiger partial charge in [-0.3, -0.25) is 19.8 Å². The largest absolute Gasteiger partial charge is 0.290 e. The van der Waals surface area contributed by atoms with Gasteiger partial charge in [-0.05, 0) is 31.6 Å². The molecule has 0 bridgehead atoms. The summed E-state index contributed by atoms with van der Waals surface area (Å²) in [6.45, 7) is 3.98. The molecule has 1 fully saturated rings. The van der Waals surface area contributed by atoms with E-state index in [1.54, 1.807) is 27.8 Å². The Hall–Kier alpha value is -3.30. The fraction of sp³-hybridized carbons (Fsp3) is 0.174. The number of non-ortho nitro benzene ring substituents is 1. The number of para-hydroxylation sites is 1. The Bertz CT molecular complexity index is 1240. The highest BCUT2D eigenvalue weighted by Gasteiger charge is 2.35. The molecule has 7 nitrogen and oxygen atoms in total. The Balaban J connectivity index is 1.83. The van der Waals surface area contributed by atoms with Gasteiger partial charge in [-0.1, -0.05) is 61.2 Å². The number of thioether (sulfide) groups is 1. The second-order valence-corrected chi connectivity index (χ2v) is 9.01. The average Bonchev–Trinajstić information content (AvgIpc) is 3.34. The number of nitro benzene ring substituents is 1. The van der Waals surface area contributed by atoms with Crippen molar-refractivity contribution in [3.8, 4) is 16.9 Å². The molecule has 1 aliphatic heterocycles. The number of aromatic nitrogens is 2. The van der Waals surface area contributed by atoms with Crippen LogP contribution in [-0.4, -0.2) is 35.9 Å². The molecule has 4 rings (SSSR count). The molecule has 0 aliphatic carbocycles. The second kappa shape index (κ2) is 9.05. The van der Waals surface area contributed by atoms with Gasteiger partial charge in [-0.2, -0.15) is 5.10 Å². The summed E-state index contributed by atoms with van der Waals surface area (Å²) in [5.41, 5.74) is 2.64. The van der Waals surface area contributed by atoms with Crippen molar-refractivity contribution >= 4 is 46.0 Å². The van der Waals surface area contributed by atoms with Crippen LogP contribution in [0.15, 0.2) is 65.7 Å². The molecule has 1 aromatic heterocycles. The zero-order valence-corrected chi connectivity index (χ0v) is 19.1. The van der Waals surface area contributed by atoms with E-state index in [4.69, 9.17) is 17.3 Å². The van der Waals surface area contributed by atoms with Crippen LogP contribution in [0.4, 0.5) is 5.69 Å². The number of hydrogen-bond donors (Lipinski definition) is 0. The molecule has 0 saturated carbocycles. The standard InChI is InChI=1S/C23H20N4O3S2/c1-3-15(2)26-22(28)20(32-23(26)31)13-17-14-25(18-9-5-4-6-10-18)24-21(17)16-8-7-11-19(12-16)27(29)30/h4-15H,3H2,1-2H3/b20-13-. The first kappa shape index (κ1) is 21.9. The monoisotopic (exact) mass is 464 g/mol. The van der Waals surface area contributed by atoms with Gasteiger partial charge in [0.2, 0.25) is 0 Å². The summed E-state index contributed by atoms with van der Waals surface area (Å²) in [5.74, 6) is -0.133. The minimum atomic E-state index is -0.436. The number of benzene rings is 2. The fourth-order valence-electron chi connectivity index (χ4n) is 3.38. The highest BCUT2D eigenvalue weighted by atomic mass is 32.2. The van der Waals surface area contributed by atoms with Crippen LogP contribution in [0.3, 0.4) is 0 Å². The van der Waals surface area contributed by atoms with Crippen molar-refractivity contribution in [1.82, 2.24) is 14.7 Å². The average molecular weight is 465 g/mol. The maximum absolute atomic E-state index is 13.0. The molecular weight excluding hydrogens is 444 g/mol. The summed E-state index contributed by atoms with van der Waals surface area (Å²) in [4.78, 5) is 26.0. The van der Waals surface area contributed by atoms with Crippen molar-refractivity contribution in [1.29, 1.82) is 0 Å². The maximum atomic E-state index is 13.0. The van der Waals surface area contributed by atoms with E-state index >= 15 is 0 Å². The molecule has 2 heterocycles. The van der Waals surface area contributed by atoms with E-state index < -0.39 is 4.92 Å². The second-order valence-electron chi connectivity index (χ2n) is 7.33. The molecule has 162 valence electrons. The predicted molar refractivity (Wildman–Crippen MR) is 130 cm³/mol. The van der Waals surface area contributed by atoms with Crippen LogP contribution in [-0.2, 0) is 4.79 Å². The van der Waals surface area contributed by atoms with Gasteiger partial charge in [-0.15, -0.1) is 0 Å². The van der Waals surface area contributed by atoms with Gasteiger partial charge < -0.3 is 0 Å². The highest BCUT2D eigenvalue weighted by Crippen LogP contribution is 2.36. The lowest BCUT2D eigenvalue weighted by atomic mass is 10.1. The Morgan fingerprint density at radius 3 is 2.66 bits per heavy atom. The number of nitrogens with zero attached hydrogens (tertiary/aromatic N) is 4. The van der Waals surface area contributed by atoms with Gasteiger partial charge >= 0.3 is 0 Å². The number of carbonyl (C=O) groups is 1. The number of rotatable bonds is 6. The molecule has 2 aromatic carbocycles. The van der Waals surface area contributed by atoms with Crippen LogP contribution < -0.4 is 0 Å². The third kappa shape index (κ3) is 4.21. The molecule has 9 heteroatoms. The first-order valence-electron chi connectivity index (χ1n) is 10.1. The van der Waals surface area contributed by atoms with Gasteiger partial charge in [0.25, 0.3) is 11.6 Å². The van der Waals surface area contributed by atoms with Crippen molar-refractivity contribution in [2.45, 2.75) is 26.3 Å². The summed E-state index contributed by atoms with van der Waals surface area (Å²) in [6.07, 6.45) is 4.38. The van der Waals surface area contributed by atoms with Crippen molar-refractivity contribution < 1.29 is 9.72 Å². The minimum absolute atomic E-state index is 0.0108. The molecule has 0 N–H and O–H groups in total. The van der Waals surface area contributed by atoms with Crippen LogP contribution in [0.25, 0.3) is 23.0 Å². The minimum Gasteiger partial charge on any atom is -0.290 e. The van der Waals surface area contributed by atoms with E-state index in [0.29, 0.717) is 26.0 Å². The summed E-state index contributed by atoms with van der Waals surface area (Å²) in [5, 5.41) is 16.0. The van der Waals surface area contributed by atoms with Crippen LogP contribution in [0.5, 0.6) is 0 Å². The Labute approximate surface area is 194 Å². The number of nitro groups is 1. The predicted octanol–water partition coefficient (Wildman–Crippen LogP) is 5.45. The van der Waals surface area contributed by atoms with E-state index in [-0.39, 0.29) is 17.6 Å². The number of carbonyl (C=O) groups excluding carboxylic acids is 1. The lowest BCUT2D eigenvalue weighted by Crippen LogP contribution is -2.36. The lowest BCUT2D eigenvalue weighted by molar-refractivity contribution is -0.384. The zero-order chi connectivity index (χ0) is 22.8.